The molecule has 1 aliphatic rings. The first-order chi connectivity index (χ1) is 7.29. The summed E-state index contributed by atoms with van der Waals surface area (Å²) in [5.74, 6) is 0.803. The molecule has 0 aromatic carbocycles. The Balaban J connectivity index is 1.94. The van der Waals surface area contributed by atoms with Crippen molar-refractivity contribution in [2.24, 2.45) is 11.7 Å². The third-order valence-corrected chi connectivity index (χ3v) is 3.30. The van der Waals surface area contributed by atoms with Crippen molar-refractivity contribution in [1.29, 1.82) is 0 Å². The van der Waals surface area contributed by atoms with Gasteiger partial charge in [0.05, 0.1) is 17.9 Å². The summed E-state index contributed by atoms with van der Waals surface area (Å²) in [4.78, 5) is 0. The first-order valence-corrected chi connectivity index (χ1v) is 5.95. The molecule has 0 bridgehead atoms. The fraction of sp³-hybridized carbons (Fsp3) is 0.818. The van der Waals surface area contributed by atoms with Crippen molar-refractivity contribution in [3.05, 3.63) is 11.9 Å². The maximum Gasteiger partial charge on any atom is 0.0993 e. The molecule has 0 aliphatic heterocycles. The number of aromatic nitrogens is 3. The lowest BCUT2D eigenvalue weighted by Gasteiger charge is -2.07. The van der Waals surface area contributed by atoms with Gasteiger partial charge in [-0.15, -0.1) is 5.10 Å². The average Bonchev–Trinajstić information content (AvgIpc) is 2.88. The van der Waals surface area contributed by atoms with Gasteiger partial charge in [0.15, 0.2) is 0 Å². The van der Waals surface area contributed by atoms with E-state index in [0.717, 1.165) is 24.6 Å². The maximum atomic E-state index is 5.90. The summed E-state index contributed by atoms with van der Waals surface area (Å²) in [6, 6.07) is 0.0438. The van der Waals surface area contributed by atoms with Crippen LogP contribution in [0.3, 0.4) is 0 Å². The summed E-state index contributed by atoms with van der Waals surface area (Å²) in [7, 11) is 0. The van der Waals surface area contributed by atoms with Crippen LogP contribution >= 0.6 is 0 Å². The number of nitrogens with zero attached hydrogens (tertiary/aromatic N) is 3. The van der Waals surface area contributed by atoms with E-state index >= 15 is 0 Å². The maximum absolute atomic E-state index is 5.90. The predicted molar refractivity (Wildman–Crippen MR) is 59.2 cm³/mol. The van der Waals surface area contributed by atoms with Gasteiger partial charge in [0.1, 0.15) is 0 Å². The Hall–Kier alpha value is -0.900. The summed E-state index contributed by atoms with van der Waals surface area (Å²) in [5.41, 5.74) is 6.83. The first-order valence-electron chi connectivity index (χ1n) is 5.95. The molecular weight excluding hydrogens is 188 g/mol. The standard InChI is InChI=1S/C11H20N4/c1-2-10(12)11-8-15(14-13-11)7-9-5-3-4-6-9/h8-10H,2-7,12H2,1H3. The van der Waals surface area contributed by atoms with Crippen LogP contribution < -0.4 is 5.73 Å². The Morgan fingerprint density at radius 3 is 2.93 bits per heavy atom. The fourth-order valence-electron chi connectivity index (χ4n) is 2.24. The van der Waals surface area contributed by atoms with Gasteiger partial charge in [0.2, 0.25) is 0 Å². The molecule has 2 N–H and O–H groups in total. The minimum Gasteiger partial charge on any atom is -0.323 e. The Labute approximate surface area is 90.8 Å². The first kappa shape index (κ1) is 10.6. The normalized spacial score (nSPS) is 19.6. The lowest BCUT2D eigenvalue weighted by atomic mass is 10.1. The molecule has 0 radical (unpaired) electrons. The Morgan fingerprint density at radius 2 is 2.27 bits per heavy atom. The van der Waals surface area contributed by atoms with Crippen LogP contribution in [0.1, 0.15) is 50.8 Å². The van der Waals surface area contributed by atoms with Crippen LogP contribution in [0.2, 0.25) is 0 Å². The quantitative estimate of drug-likeness (QED) is 0.822. The van der Waals surface area contributed by atoms with Crippen molar-refractivity contribution in [1.82, 2.24) is 15.0 Å². The molecule has 0 spiro atoms. The van der Waals surface area contributed by atoms with Crippen molar-refractivity contribution < 1.29 is 0 Å². The zero-order valence-electron chi connectivity index (χ0n) is 9.39. The van der Waals surface area contributed by atoms with E-state index in [-0.39, 0.29) is 6.04 Å². The minimum atomic E-state index is 0.0438. The topological polar surface area (TPSA) is 56.7 Å². The SMILES string of the molecule is CCC(N)c1cn(CC2CCCC2)nn1. The molecule has 4 heteroatoms. The molecule has 1 fully saturated rings. The lowest BCUT2D eigenvalue weighted by molar-refractivity contribution is 0.421. The van der Waals surface area contributed by atoms with Gasteiger partial charge >= 0.3 is 0 Å². The number of hydrogen-bond donors (Lipinski definition) is 1. The van der Waals surface area contributed by atoms with E-state index < -0.39 is 0 Å². The third kappa shape index (κ3) is 2.56. The molecule has 1 aliphatic carbocycles. The summed E-state index contributed by atoms with van der Waals surface area (Å²) >= 11 is 0. The summed E-state index contributed by atoms with van der Waals surface area (Å²) in [5, 5.41) is 8.25. The largest absolute Gasteiger partial charge is 0.323 e. The van der Waals surface area contributed by atoms with Crippen LogP contribution in [-0.2, 0) is 6.54 Å². The van der Waals surface area contributed by atoms with Gasteiger partial charge < -0.3 is 5.73 Å². The molecule has 0 saturated heterocycles. The molecule has 2 rings (SSSR count). The Bertz CT molecular complexity index is 301. The second-order valence-electron chi connectivity index (χ2n) is 4.53. The van der Waals surface area contributed by atoms with E-state index in [0.29, 0.717) is 0 Å². The van der Waals surface area contributed by atoms with Gasteiger partial charge in [0, 0.05) is 6.54 Å². The monoisotopic (exact) mass is 208 g/mol. The second-order valence-corrected chi connectivity index (χ2v) is 4.53. The van der Waals surface area contributed by atoms with E-state index in [1.807, 2.05) is 10.9 Å². The minimum absolute atomic E-state index is 0.0438. The molecular formula is C11H20N4. The average molecular weight is 208 g/mol. The summed E-state index contributed by atoms with van der Waals surface area (Å²) in [6.45, 7) is 3.09. The molecule has 15 heavy (non-hydrogen) atoms. The Kier molecular flexibility index (Phi) is 3.36. The molecule has 1 unspecified atom stereocenters. The van der Waals surface area contributed by atoms with Gasteiger partial charge in [-0.3, -0.25) is 4.68 Å². The molecule has 1 atom stereocenters. The van der Waals surface area contributed by atoms with Crippen LogP contribution in [0, 0.1) is 5.92 Å². The highest BCUT2D eigenvalue weighted by molar-refractivity contribution is 4.98. The third-order valence-electron chi connectivity index (χ3n) is 3.30. The highest BCUT2D eigenvalue weighted by Gasteiger charge is 2.16. The van der Waals surface area contributed by atoms with E-state index in [4.69, 9.17) is 5.73 Å². The van der Waals surface area contributed by atoms with Crippen LogP contribution in [0.15, 0.2) is 6.20 Å². The van der Waals surface area contributed by atoms with E-state index in [2.05, 4.69) is 17.2 Å². The van der Waals surface area contributed by atoms with Gasteiger partial charge in [-0.05, 0) is 25.2 Å². The number of nitrogens with two attached hydrogens (primary N) is 1. The summed E-state index contributed by atoms with van der Waals surface area (Å²) < 4.78 is 1.96. The zero-order chi connectivity index (χ0) is 10.7. The molecule has 1 saturated carbocycles. The lowest BCUT2D eigenvalue weighted by Crippen LogP contribution is -2.09. The van der Waals surface area contributed by atoms with E-state index in [1.54, 1.807) is 0 Å². The molecule has 84 valence electrons. The van der Waals surface area contributed by atoms with Gasteiger partial charge in [-0.1, -0.05) is 25.0 Å². The number of rotatable bonds is 4. The van der Waals surface area contributed by atoms with E-state index in [9.17, 15) is 0 Å². The van der Waals surface area contributed by atoms with Crippen molar-refractivity contribution in [3.63, 3.8) is 0 Å². The number of hydrogen-bond acceptors (Lipinski definition) is 3. The molecule has 1 aromatic rings. The molecule has 0 amide bonds. The van der Waals surface area contributed by atoms with E-state index in [1.165, 1.54) is 25.7 Å². The zero-order valence-corrected chi connectivity index (χ0v) is 9.39. The molecule has 1 aromatic heterocycles. The van der Waals surface area contributed by atoms with Gasteiger partial charge in [-0.25, -0.2) is 0 Å². The highest BCUT2D eigenvalue weighted by Crippen LogP contribution is 2.26. The molecule has 1 heterocycles. The fourth-order valence-corrected chi connectivity index (χ4v) is 2.24. The van der Waals surface area contributed by atoms with Crippen LogP contribution in [0.5, 0.6) is 0 Å². The highest BCUT2D eigenvalue weighted by atomic mass is 15.4. The van der Waals surface area contributed by atoms with Crippen LogP contribution in [0.25, 0.3) is 0 Å². The van der Waals surface area contributed by atoms with Crippen molar-refractivity contribution in [3.8, 4) is 0 Å². The van der Waals surface area contributed by atoms with Crippen molar-refractivity contribution in [2.45, 2.75) is 51.6 Å². The Morgan fingerprint density at radius 1 is 1.53 bits per heavy atom. The van der Waals surface area contributed by atoms with Crippen LogP contribution in [-0.4, -0.2) is 15.0 Å². The van der Waals surface area contributed by atoms with Gasteiger partial charge in [0.25, 0.3) is 0 Å². The smallest absolute Gasteiger partial charge is 0.0993 e. The van der Waals surface area contributed by atoms with Gasteiger partial charge in [-0.2, -0.15) is 0 Å². The van der Waals surface area contributed by atoms with Crippen molar-refractivity contribution >= 4 is 0 Å². The predicted octanol–water partition coefficient (Wildman–Crippen LogP) is 1.88. The van der Waals surface area contributed by atoms with Crippen molar-refractivity contribution in [2.75, 3.05) is 0 Å². The summed E-state index contributed by atoms with van der Waals surface area (Å²) in [6.07, 6.45) is 8.36. The van der Waals surface area contributed by atoms with Crippen LogP contribution in [0.4, 0.5) is 0 Å². The molecule has 4 nitrogen and oxygen atoms in total. The second kappa shape index (κ2) is 4.75.